The average Bonchev–Trinajstić information content (AvgIpc) is 2.39. The molecule has 0 radical (unpaired) electrons. The van der Waals surface area contributed by atoms with E-state index in [1.807, 2.05) is 11.8 Å². The third-order valence-corrected chi connectivity index (χ3v) is 5.87. The van der Waals surface area contributed by atoms with Crippen molar-refractivity contribution in [2.75, 3.05) is 12.8 Å². The number of aryl methyl sites for hydroxylation is 1. The Morgan fingerprint density at radius 1 is 1.26 bits per heavy atom. The highest BCUT2D eigenvalue weighted by Gasteiger charge is 2.35. The second-order valence-electron chi connectivity index (χ2n) is 5.83. The number of hydrogen-bond donors (Lipinski definition) is 1. The van der Waals surface area contributed by atoms with E-state index in [0.29, 0.717) is 10.8 Å². The van der Waals surface area contributed by atoms with Crippen molar-refractivity contribution in [3.8, 4) is 0 Å². The van der Waals surface area contributed by atoms with Crippen LogP contribution in [0, 0.1) is 0 Å². The molecule has 2 heteroatoms. The van der Waals surface area contributed by atoms with Gasteiger partial charge >= 0.3 is 0 Å². The maximum atomic E-state index is 3.72. The minimum Gasteiger partial charge on any atom is -0.309 e. The maximum absolute atomic E-state index is 3.72. The number of nitrogens with one attached hydrogen (secondary N) is 1. The van der Waals surface area contributed by atoms with E-state index in [2.05, 4.69) is 49.7 Å². The fourth-order valence-corrected chi connectivity index (χ4v) is 3.67. The molecule has 106 valence electrons. The van der Waals surface area contributed by atoms with E-state index in [-0.39, 0.29) is 0 Å². The van der Waals surface area contributed by atoms with Crippen LogP contribution in [0.4, 0.5) is 0 Å². The molecule has 0 heterocycles. The highest BCUT2D eigenvalue weighted by Crippen LogP contribution is 2.42. The maximum Gasteiger partial charge on any atom is 0.0292 e. The van der Waals surface area contributed by atoms with Crippen molar-refractivity contribution in [3.05, 3.63) is 35.4 Å². The van der Waals surface area contributed by atoms with E-state index in [0.717, 1.165) is 6.54 Å². The van der Waals surface area contributed by atoms with Crippen LogP contribution in [0.2, 0.25) is 0 Å². The Kier molecular flexibility index (Phi) is 5.35. The molecule has 1 aromatic rings. The quantitative estimate of drug-likeness (QED) is 0.783. The largest absolute Gasteiger partial charge is 0.309 e. The van der Waals surface area contributed by atoms with E-state index >= 15 is 0 Å². The highest BCUT2D eigenvalue weighted by molar-refractivity contribution is 8.00. The molecule has 1 nitrogen and oxygen atoms in total. The van der Waals surface area contributed by atoms with Crippen LogP contribution in [0.1, 0.15) is 56.7 Å². The van der Waals surface area contributed by atoms with Gasteiger partial charge in [0.2, 0.25) is 0 Å². The summed E-state index contributed by atoms with van der Waals surface area (Å²) in [6.07, 6.45) is 8.83. The van der Waals surface area contributed by atoms with Gasteiger partial charge in [-0.05, 0) is 43.6 Å². The summed E-state index contributed by atoms with van der Waals surface area (Å²) in [5, 5.41) is 3.72. The first-order chi connectivity index (χ1) is 9.19. The third-order valence-electron chi connectivity index (χ3n) is 4.45. The van der Waals surface area contributed by atoms with Crippen LogP contribution >= 0.6 is 11.8 Å². The van der Waals surface area contributed by atoms with Crippen LogP contribution < -0.4 is 5.32 Å². The molecule has 2 rings (SSSR count). The first-order valence-corrected chi connectivity index (χ1v) is 8.79. The molecule has 1 aliphatic carbocycles. The lowest BCUT2D eigenvalue weighted by Crippen LogP contribution is -2.43. The van der Waals surface area contributed by atoms with Gasteiger partial charge in [0.05, 0.1) is 0 Å². The molecule has 0 spiro atoms. The predicted molar refractivity (Wildman–Crippen MR) is 87.0 cm³/mol. The Morgan fingerprint density at radius 2 is 1.95 bits per heavy atom. The van der Waals surface area contributed by atoms with Gasteiger partial charge in [0, 0.05) is 17.3 Å². The van der Waals surface area contributed by atoms with E-state index in [1.165, 1.54) is 43.2 Å². The molecule has 0 aliphatic heterocycles. The molecule has 1 fully saturated rings. The molecule has 1 aliphatic rings. The van der Waals surface area contributed by atoms with Gasteiger partial charge in [-0.25, -0.2) is 0 Å². The zero-order valence-corrected chi connectivity index (χ0v) is 13.4. The smallest absolute Gasteiger partial charge is 0.0292 e. The van der Waals surface area contributed by atoms with Gasteiger partial charge in [0.15, 0.2) is 0 Å². The van der Waals surface area contributed by atoms with E-state index in [9.17, 15) is 0 Å². The molecule has 1 atom stereocenters. The molecular formula is C17H27NS. The molecular weight excluding hydrogens is 250 g/mol. The van der Waals surface area contributed by atoms with Crippen LogP contribution in [0.3, 0.4) is 0 Å². The number of hydrogen-bond acceptors (Lipinski definition) is 2. The van der Waals surface area contributed by atoms with Crippen LogP contribution in [0.5, 0.6) is 0 Å². The van der Waals surface area contributed by atoms with Gasteiger partial charge in [0.25, 0.3) is 0 Å². The number of benzene rings is 1. The molecule has 1 N–H and O–H groups in total. The summed E-state index contributed by atoms with van der Waals surface area (Å²) < 4.78 is 0.524. The monoisotopic (exact) mass is 277 g/mol. The van der Waals surface area contributed by atoms with Crippen molar-refractivity contribution >= 4 is 11.8 Å². The minimum absolute atomic E-state index is 0.459. The van der Waals surface area contributed by atoms with Gasteiger partial charge in [-0.1, -0.05) is 44.0 Å². The standard InChI is InChI=1S/C17H27NS/c1-4-6-15-7-9-16(10-8-15)14(2)18-13-17(19-3)11-5-12-17/h7-10,14,18H,4-6,11-13H2,1-3H3. The zero-order chi connectivity index (χ0) is 13.7. The van der Waals surface area contributed by atoms with E-state index in [4.69, 9.17) is 0 Å². The van der Waals surface area contributed by atoms with Gasteiger partial charge in [-0.3, -0.25) is 0 Å². The molecule has 1 aromatic carbocycles. The first-order valence-electron chi connectivity index (χ1n) is 7.56. The summed E-state index contributed by atoms with van der Waals surface area (Å²) in [5.41, 5.74) is 2.87. The van der Waals surface area contributed by atoms with Crippen molar-refractivity contribution in [2.45, 2.75) is 56.7 Å². The molecule has 0 bridgehead atoms. The van der Waals surface area contributed by atoms with E-state index in [1.54, 1.807) is 0 Å². The molecule has 0 amide bonds. The lowest BCUT2D eigenvalue weighted by atomic mass is 9.84. The third kappa shape index (κ3) is 3.76. The predicted octanol–water partition coefficient (Wildman–Crippen LogP) is 4.58. The molecule has 0 aromatic heterocycles. The Hall–Kier alpha value is -0.470. The topological polar surface area (TPSA) is 12.0 Å². The molecule has 19 heavy (non-hydrogen) atoms. The van der Waals surface area contributed by atoms with Crippen molar-refractivity contribution in [2.24, 2.45) is 0 Å². The van der Waals surface area contributed by atoms with Crippen molar-refractivity contribution in [3.63, 3.8) is 0 Å². The highest BCUT2D eigenvalue weighted by atomic mass is 32.2. The first kappa shape index (κ1) is 14.9. The van der Waals surface area contributed by atoms with Crippen LogP contribution in [0.15, 0.2) is 24.3 Å². The summed E-state index contributed by atoms with van der Waals surface area (Å²) in [4.78, 5) is 0. The van der Waals surface area contributed by atoms with Gasteiger partial charge in [-0.15, -0.1) is 0 Å². The minimum atomic E-state index is 0.459. The van der Waals surface area contributed by atoms with Gasteiger partial charge < -0.3 is 5.32 Å². The Morgan fingerprint density at radius 3 is 2.42 bits per heavy atom. The number of thioether (sulfide) groups is 1. The second kappa shape index (κ2) is 6.81. The van der Waals surface area contributed by atoms with E-state index < -0.39 is 0 Å². The number of rotatable bonds is 7. The zero-order valence-electron chi connectivity index (χ0n) is 12.5. The summed E-state index contributed by atoms with van der Waals surface area (Å²) in [6.45, 7) is 5.66. The summed E-state index contributed by atoms with van der Waals surface area (Å²) in [5.74, 6) is 0. The van der Waals surface area contributed by atoms with Crippen molar-refractivity contribution in [1.82, 2.24) is 5.32 Å². The molecule has 1 saturated carbocycles. The van der Waals surface area contributed by atoms with Gasteiger partial charge in [0.1, 0.15) is 0 Å². The summed E-state index contributed by atoms with van der Waals surface area (Å²) >= 11 is 2.04. The van der Waals surface area contributed by atoms with Crippen LogP contribution in [-0.4, -0.2) is 17.5 Å². The lowest BCUT2D eigenvalue weighted by Gasteiger charge is -2.41. The SMILES string of the molecule is CCCc1ccc(C(C)NCC2(SC)CCC2)cc1. The Bertz CT molecular complexity index is 375. The normalized spacial score (nSPS) is 18.9. The Labute approximate surface area is 122 Å². The van der Waals surface area contributed by atoms with Crippen molar-refractivity contribution < 1.29 is 0 Å². The fourth-order valence-electron chi connectivity index (χ4n) is 2.74. The van der Waals surface area contributed by atoms with Crippen LogP contribution in [-0.2, 0) is 6.42 Å². The molecule has 1 unspecified atom stereocenters. The average molecular weight is 277 g/mol. The summed E-state index contributed by atoms with van der Waals surface area (Å²) in [7, 11) is 0. The fraction of sp³-hybridized carbons (Fsp3) is 0.647. The summed E-state index contributed by atoms with van der Waals surface area (Å²) in [6, 6.07) is 9.60. The second-order valence-corrected chi connectivity index (χ2v) is 7.11. The molecule has 0 saturated heterocycles. The van der Waals surface area contributed by atoms with Crippen molar-refractivity contribution in [1.29, 1.82) is 0 Å². The van der Waals surface area contributed by atoms with Crippen LogP contribution in [0.25, 0.3) is 0 Å². The van der Waals surface area contributed by atoms with Gasteiger partial charge in [-0.2, -0.15) is 11.8 Å². The lowest BCUT2D eigenvalue weighted by molar-refractivity contribution is 0.334. The Balaban J connectivity index is 1.86.